The number of nitrogens with zero attached hydrogens (tertiary/aromatic N) is 2. The summed E-state index contributed by atoms with van der Waals surface area (Å²) in [4.78, 5) is 10.9. The number of nitrogens with two attached hydrogens (primary N) is 1. The van der Waals surface area contributed by atoms with Crippen LogP contribution in [-0.4, -0.2) is 22.2 Å². The Morgan fingerprint density at radius 3 is 2.80 bits per heavy atom. The van der Waals surface area contributed by atoms with Crippen molar-refractivity contribution in [3.63, 3.8) is 0 Å². The van der Waals surface area contributed by atoms with Crippen molar-refractivity contribution < 1.29 is 4.79 Å². The summed E-state index contributed by atoms with van der Waals surface area (Å²) in [6.07, 6.45) is 2.21. The fourth-order valence-corrected chi connectivity index (χ4v) is 1.18. The highest BCUT2D eigenvalue weighted by Gasteiger charge is 2.08. The Labute approximate surface area is 95.4 Å². The van der Waals surface area contributed by atoms with Crippen LogP contribution in [0.5, 0.6) is 0 Å². The average molecular weight is 233 g/mol. The number of primary amides is 1. The van der Waals surface area contributed by atoms with Crippen molar-refractivity contribution in [3.05, 3.63) is 11.8 Å². The second-order valence-corrected chi connectivity index (χ2v) is 3.18. The predicted octanol–water partition coefficient (Wildman–Crippen LogP) is 1.15. The van der Waals surface area contributed by atoms with Gasteiger partial charge in [0.1, 0.15) is 11.5 Å². The summed E-state index contributed by atoms with van der Waals surface area (Å²) in [5.41, 5.74) is 5.58. The van der Waals surface area contributed by atoms with Gasteiger partial charge in [-0.3, -0.25) is 9.48 Å². The summed E-state index contributed by atoms with van der Waals surface area (Å²) in [6, 6.07) is 1.66. The molecule has 5 nitrogen and oxygen atoms in total. The zero-order chi connectivity index (χ0) is 10.6. The molecule has 0 saturated carbocycles. The van der Waals surface area contributed by atoms with Crippen LogP contribution in [-0.2, 0) is 7.05 Å². The van der Waals surface area contributed by atoms with Gasteiger partial charge in [0, 0.05) is 19.7 Å². The first kappa shape index (κ1) is 13.8. The number of anilines is 1. The molecule has 1 aromatic rings. The first-order valence-corrected chi connectivity index (χ1v) is 4.73. The zero-order valence-corrected chi connectivity index (χ0v) is 9.80. The van der Waals surface area contributed by atoms with Crippen molar-refractivity contribution >= 4 is 24.1 Å². The zero-order valence-electron chi connectivity index (χ0n) is 8.99. The summed E-state index contributed by atoms with van der Waals surface area (Å²) in [5, 5.41) is 7.23. The van der Waals surface area contributed by atoms with Crippen LogP contribution in [0.4, 0.5) is 5.82 Å². The van der Waals surface area contributed by atoms with Gasteiger partial charge >= 0.3 is 0 Å². The van der Waals surface area contributed by atoms with Crippen molar-refractivity contribution in [2.75, 3.05) is 11.9 Å². The number of hydrogen-bond donors (Lipinski definition) is 2. The molecule has 0 radical (unpaired) electrons. The molecule has 86 valence electrons. The molecule has 0 aliphatic heterocycles. The summed E-state index contributed by atoms with van der Waals surface area (Å²) in [6.45, 7) is 2.99. The SMILES string of the molecule is CCCCNc1cc(C(N)=O)n(C)n1.Cl. The van der Waals surface area contributed by atoms with Crippen molar-refractivity contribution in [2.24, 2.45) is 12.8 Å². The second-order valence-electron chi connectivity index (χ2n) is 3.18. The normalized spacial score (nSPS) is 9.47. The topological polar surface area (TPSA) is 72.9 Å². The fraction of sp³-hybridized carbons (Fsp3) is 0.556. The average Bonchev–Trinajstić information content (AvgIpc) is 2.47. The van der Waals surface area contributed by atoms with Crippen LogP contribution in [0.1, 0.15) is 30.3 Å². The van der Waals surface area contributed by atoms with E-state index in [-0.39, 0.29) is 12.4 Å². The maximum atomic E-state index is 10.9. The molecule has 15 heavy (non-hydrogen) atoms. The van der Waals surface area contributed by atoms with E-state index in [1.54, 1.807) is 13.1 Å². The van der Waals surface area contributed by atoms with E-state index in [0.717, 1.165) is 19.4 Å². The van der Waals surface area contributed by atoms with Crippen LogP contribution in [0.15, 0.2) is 6.07 Å². The molecule has 0 atom stereocenters. The fourth-order valence-electron chi connectivity index (χ4n) is 1.18. The number of rotatable bonds is 5. The Morgan fingerprint density at radius 2 is 2.33 bits per heavy atom. The van der Waals surface area contributed by atoms with E-state index >= 15 is 0 Å². The second kappa shape index (κ2) is 6.29. The van der Waals surface area contributed by atoms with Crippen LogP contribution in [0.3, 0.4) is 0 Å². The maximum Gasteiger partial charge on any atom is 0.267 e. The summed E-state index contributed by atoms with van der Waals surface area (Å²) >= 11 is 0. The molecule has 1 rings (SSSR count). The van der Waals surface area contributed by atoms with E-state index in [4.69, 9.17) is 5.73 Å². The number of halogens is 1. The number of amides is 1. The molecular weight excluding hydrogens is 216 g/mol. The lowest BCUT2D eigenvalue weighted by Crippen LogP contribution is -2.15. The summed E-state index contributed by atoms with van der Waals surface area (Å²) in [5.74, 6) is 0.248. The molecule has 1 heterocycles. The summed E-state index contributed by atoms with van der Waals surface area (Å²) in [7, 11) is 1.70. The molecule has 0 aliphatic carbocycles. The van der Waals surface area contributed by atoms with E-state index in [0.29, 0.717) is 11.5 Å². The highest BCUT2D eigenvalue weighted by Crippen LogP contribution is 2.07. The number of unbranched alkanes of at least 4 members (excludes halogenated alkanes) is 1. The third-order valence-electron chi connectivity index (χ3n) is 1.97. The van der Waals surface area contributed by atoms with Gasteiger partial charge in [-0.1, -0.05) is 13.3 Å². The van der Waals surface area contributed by atoms with Crippen LogP contribution >= 0.6 is 12.4 Å². The van der Waals surface area contributed by atoms with Gasteiger partial charge in [-0.15, -0.1) is 12.4 Å². The monoisotopic (exact) mass is 232 g/mol. The van der Waals surface area contributed by atoms with Crippen molar-refractivity contribution in [3.8, 4) is 0 Å². The number of aryl methyl sites for hydroxylation is 1. The first-order valence-electron chi connectivity index (χ1n) is 4.73. The minimum absolute atomic E-state index is 0. The number of nitrogens with one attached hydrogen (secondary N) is 1. The van der Waals surface area contributed by atoms with Gasteiger partial charge in [0.25, 0.3) is 5.91 Å². The number of hydrogen-bond acceptors (Lipinski definition) is 3. The van der Waals surface area contributed by atoms with Gasteiger partial charge in [-0.25, -0.2) is 0 Å². The molecule has 0 bridgehead atoms. The van der Waals surface area contributed by atoms with Crippen molar-refractivity contribution in [1.29, 1.82) is 0 Å². The molecular formula is C9H17ClN4O. The van der Waals surface area contributed by atoms with Crippen molar-refractivity contribution in [2.45, 2.75) is 19.8 Å². The molecule has 0 spiro atoms. The van der Waals surface area contributed by atoms with Gasteiger partial charge in [-0.05, 0) is 6.42 Å². The molecule has 0 aromatic carbocycles. The maximum absolute atomic E-state index is 10.9. The van der Waals surface area contributed by atoms with Crippen molar-refractivity contribution in [1.82, 2.24) is 9.78 Å². The molecule has 0 aliphatic rings. The summed E-state index contributed by atoms with van der Waals surface area (Å²) < 4.78 is 1.48. The molecule has 0 saturated heterocycles. The smallest absolute Gasteiger partial charge is 0.267 e. The number of carbonyl (C=O) groups excluding carboxylic acids is 1. The third-order valence-corrected chi connectivity index (χ3v) is 1.97. The molecule has 0 fully saturated rings. The Bertz CT molecular complexity index is 324. The third kappa shape index (κ3) is 3.79. The number of carbonyl (C=O) groups is 1. The lowest BCUT2D eigenvalue weighted by atomic mass is 10.3. The van der Waals surface area contributed by atoms with Gasteiger partial charge < -0.3 is 11.1 Å². The van der Waals surface area contributed by atoms with E-state index < -0.39 is 5.91 Å². The molecule has 0 unspecified atom stereocenters. The minimum Gasteiger partial charge on any atom is -0.369 e. The lowest BCUT2D eigenvalue weighted by molar-refractivity contribution is 0.0991. The highest BCUT2D eigenvalue weighted by atomic mass is 35.5. The molecule has 3 N–H and O–H groups in total. The Morgan fingerprint density at radius 1 is 1.67 bits per heavy atom. The standard InChI is InChI=1S/C9H16N4O.ClH/c1-3-4-5-11-8-6-7(9(10)14)13(2)12-8;/h6H,3-5H2,1-2H3,(H2,10,14)(H,11,12);1H. The Balaban J connectivity index is 0.00000196. The Hall–Kier alpha value is -1.23. The molecule has 1 aromatic heterocycles. The van der Waals surface area contributed by atoms with Gasteiger partial charge in [0.15, 0.2) is 0 Å². The highest BCUT2D eigenvalue weighted by molar-refractivity contribution is 5.91. The van der Waals surface area contributed by atoms with Crippen LogP contribution in [0, 0.1) is 0 Å². The quantitative estimate of drug-likeness (QED) is 0.748. The Kier molecular flexibility index (Phi) is 5.77. The lowest BCUT2D eigenvalue weighted by Gasteiger charge is -1.98. The van der Waals surface area contributed by atoms with E-state index in [1.165, 1.54) is 4.68 Å². The van der Waals surface area contributed by atoms with Gasteiger partial charge in [0.2, 0.25) is 0 Å². The van der Waals surface area contributed by atoms with Gasteiger partial charge in [0.05, 0.1) is 0 Å². The van der Waals surface area contributed by atoms with Gasteiger partial charge in [-0.2, -0.15) is 5.10 Å². The van der Waals surface area contributed by atoms with Crippen LogP contribution < -0.4 is 11.1 Å². The van der Waals surface area contributed by atoms with E-state index in [2.05, 4.69) is 17.3 Å². The molecule has 6 heteroatoms. The van der Waals surface area contributed by atoms with Crippen LogP contribution in [0.2, 0.25) is 0 Å². The number of aromatic nitrogens is 2. The minimum atomic E-state index is -0.455. The molecule has 1 amide bonds. The predicted molar refractivity (Wildman–Crippen MR) is 62.4 cm³/mol. The van der Waals surface area contributed by atoms with E-state index in [1.807, 2.05) is 0 Å². The van der Waals surface area contributed by atoms with E-state index in [9.17, 15) is 4.79 Å². The first-order chi connectivity index (χ1) is 6.65. The van der Waals surface area contributed by atoms with Crippen LogP contribution in [0.25, 0.3) is 0 Å². The largest absolute Gasteiger partial charge is 0.369 e.